The summed E-state index contributed by atoms with van der Waals surface area (Å²) in [7, 11) is 0. The van der Waals surface area contributed by atoms with Gasteiger partial charge in [-0.1, -0.05) is 0 Å². The molecule has 0 aromatic carbocycles. The summed E-state index contributed by atoms with van der Waals surface area (Å²) in [5.74, 6) is -10.00. The van der Waals surface area contributed by atoms with E-state index in [0.717, 1.165) is 0 Å². The molecule has 2 aliphatic heterocycles. The van der Waals surface area contributed by atoms with Crippen molar-refractivity contribution in [2.24, 2.45) is 11.5 Å². The number of nitrogens with two attached hydrogens (primary N) is 2. The van der Waals surface area contributed by atoms with Gasteiger partial charge in [0.05, 0.1) is 26.1 Å². The van der Waals surface area contributed by atoms with Gasteiger partial charge in [-0.2, -0.15) is 0 Å². The first-order valence-corrected chi connectivity index (χ1v) is 15.4. The number of carboxylic acid groups (broad SMARTS) is 1. The third-order valence-electron chi connectivity index (χ3n) is 7.56. The van der Waals surface area contributed by atoms with Crippen molar-refractivity contribution in [3.05, 3.63) is 10.1 Å². The number of hydrogen-bond donors (Lipinski definition) is 15. The molecular formula is C26H45CaN3O26. The van der Waals surface area contributed by atoms with Gasteiger partial charge in [0, 0.05) is 0 Å². The number of aliphatic carboxylic acids is 1. The van der Waals surface area contributed by atoms with Crippen molar-refractivity contribution in [3.63, 3.8) is 0 Å². The van der Waals surface area contributed by atoms with E-state index < -0.39 is 159 Å². The Morgan fingerprint density at radius 3 is 1.89 bits per heavy atom. The molecule has 30 heteroatoms. The number of primary amides is 1. The number of nitrogens with zero attached hydrogens (tertiary/aromatic N) is 1. The fourth-order valence-corrected chi connectivity index (χ4v) is 4.46. The van der Waals surface area contributed by atoms with E-state index in [1.807, 2.05) is 0 Å². The Bertz CT molecular complexity index is 1320. The van der Waals surface area contributed by atoms with Crippen LogP contribution in [0.3, 0.4) is 0 Å². The van der Waals surface area contributed by atoms with Crippen LogP contribution in [0, 0.1) is 10.1 Å². The van der Waals surface area contributed by atoms with Gasteiger partial charge in [-0.05, 0) is 0 Å². The van der Waals surface area contributed by atoms with E-state index in [4.69, 9.17) is 34.9 Å². The Labute approximate surface area is 342 Å². The topological polar surface area (TPSA) is 499 Å². The van der Waals surface area contributed by atoms with Crippen molar-refractivity contribution in [3.8, 4) is 0 Å². The zero-order chi connectivity index (χ0) is 42.5. The minimum atomic E-state index is -2.75. The Morgan fingerprint density at radius 1 is 0.857 bits per heavy atom. The third-order valence-corrected chi connectivity index (χ3v) is 7.56. The zero-order valence-corrected chi connectivity index (χ0v) is 28.0. The van der Waals surface area contributed by atoms with Crippen LogP contribution in [0.4, 0.5) is 0 Å². The van der Waals surface area contributed by atoms with Crippen molar-refractivity contribution in [2.45, 2.75) is 104 Å². The molecule has 0 aromatic rings. The average molecular weight is 856 g/mol. The quantitative estimate of drug-likeness (QED) is 0.0188. The van der Waals surface area contributed by atoms with Crippen molar-refractivity contribution in [1.29, 1.82) is 0 Å². The number of rotatable bonds is 19. The fourth-order valence-electron chi connectivity index (χ4n) is 4.46. The van der Waals surface area contributed by atoms with E-state index in [-0.39, 0.29) is 44.2 Å². The first-order valence-electron chi connectivity index (χ1n) is 15.4. The second-order valence-electron chi connectivity index (χ2n) is 11.6. The van der Waals surface area contributed by atoms with Crippen LogP contribution in [0.15, 0.2) is 0 Å². The van der Waals surface area contributed by atoms with Gasteiger partial charge in [0.1, 0.15) is 80.3 Å². The maximum atomic E-state index is 12.4. The first kappa shape index (κ1) is 53.4. The molecular weight excluding hydrogens is 810 g/mol. The SMILES string of the molecule is NC(=O)C[C@H](N)C(=O)O.O=C(CC(O[N+](=O)[O-])C(=O)OC(=O)[C@H](O)[C@@H](O)[C@H](O)[C@H](O)CO)OC[C@H]1O[C@H](O[C@]2(CO)O[C@H](CO)[C@@H](O)[C@@H]2O)[C@H](O)[C@@H](O)[C@@H]1O.[CaH2]. The molecule has 0 spiro atoms. The van der Waals surface area contributed by atoms with Crippen LogP contribution in [0.25, 0.3) is 0 Å². The van der Waals surface area contributed by atoms with Gasteiger partial charge in [-0.3, -0.25) is 19.2 Å². The minimum absolute atomic E-state index is 0. The summed E-state index contributed by atoms with van der Waals surface area (Å²) in [6.07, 6.45) is -29.3. The van der Waals surface area contributed by atoms with Crippen LogP contribution in [0.2, 0.25) is 0 Å². The number of carboxylic acids is 1. The number of carbonyl (C=O) groups is 5. The van der Waals surface area contributed by atoms with Crippen molar-refractivity contribution >= 4 is 67.5 Å². The fraction of sp³-hybridized carbons (Fsp3) is 0.808. The van der Waals surface area contributed by atoms with E-state index in [1.54, 1.807) is 0 Å². The second kappa shape index (κ2) is 24.3. The molecule has 56 heavy (non-hydrogen) atoms. The predicted molar refractivity (Wildman–Crippen MR) is 169 cm³/mol. The average Bonchev–Trinajstić information content (AvgIpc) is 3.37. The second-order valence-corrected chi connectivity index (χ2v) is 11.6. The normalized spacial score (nSPS) is 30.4. The molecule has 322 valence electrons. The van der Waals surface area contributed by atoms with E-state index >= 15 is 0 Å². The van der Waals surface area contributed by atoms with Gasteiger partial charge in [0.15, 0.2) is 12.4 Å². The van der Waals surface area contributed by atoms with Gasteiger partial charge in [0.25, 0.3) is 5.09 Å². The standard InChI is InChI=1S/C22H35NO23.C4H8N2O3.Ca.2H/c24-2-6(27)11(29)14(32)16(34)20(38)43-19(37)7(46-23(39)40)1-10(28)41-4-9-12(30)15(33)17(35)21(42-9)45-22(5-26)18(36)13(31)8(3-25)44-22;5-2(4(8)9)1-3(6)7;;;/h6-9,11-18,21,24-27,29-36H,1-5H2;2H,1,5H2,(H2,6,7)(H,8,9);;;/t6-,7?,8-,9-,11-,12-,13-,14+,15+,16-,17-,18+,21-,22+;2-;;;/m10.../s1. The van der Waals surface area contributed by atoms with Crippen molar-refractivity contribution < 1.29 is 124 Å². The van der Waals surface area contributed by atoms with Crippen LogP contribution in [0.1, 0.15) is 12.8 Å². The molecule has 29 nitrogen and oxygen atoms in total. The Kier molecular flexibility index (Phi) is 23.2. The van der Waals surface area contributed by atoms with Crippen molar-refractivity contribution in [2.75, 3.05) is 26.4 Å². The number of esters is 3. The van der Waals surface area contributed by atoms with Crippen LogP contribution in [-0.2, 0) is 52.5 Å². The molecule has 2 aliphatic rings. The van der Waals surface area contributed by atoms with Gasteiger partial charge in [-0.25, -0.2) is 9.59 Å². The molecule has 0 aliphatic carbocycles. The summed E-state index contributed by atoms with van der Waals surface area (Å²) in [4.78, 5) is 71.3. The molecule has 15 atom stereocenters. The summed E-state index contributed by atoms with van der Waals surface area (Å²) in [5, 5.41) is 135. The van der Waals surface area contributed by atoms with Gasteiger partial charge in [0.2, 0.25) is 17.8 Å². The van der Waals surface area contributed by atoms with E-state index in [2.05, 4.69) is 15.3 Å². The number of aliphatic hydroxyl groups excluding tert-OH is 12. The first-order chi connectivity index (χ1) is 25.5. The van der Waals surface area contributed by atoms with Crippen LogP contribution < -0.4 is 11.5 Å². The molecule has 2 saturated heterocycles. The molecule has 17 N–H and O–H groups in total. The number of ether oxygens (including phenoxy) is 5. The molecule has 0 bridgehead atoms. The molecule has 0 aromatic heterocycles. The maximum absolute atomic E-state index is 12.4. The summed E-state index contributed by atoms with van der Waals surface area (Å²) in [5.41, 5.74) is 9.57. The zero-order valence-electron chi connectivity index (χ0n) is 28.0. The number of carbonyl (C=O) groups excluding carboxylic acids is 4. The molecule has 2 heterocycles. The molecule has 0 saturated carbocycles. The van der Waals surface area contributed by atoms with E-state index in [9.17, 15) is 90.3 Å². The Hall–Kier alpha value is -2.63. The van der Waals surface area contributed by atoms with Gasteiger partial charge < -0.3 is 102 Å². The molecule has 1 unspecified atom stereocenters. The van der Waals surface area contributed by atoms with Crippen LogP contribution in [-0.4, -0.2) is 257 Å². The number of hydrogen-bond acceptors (Lipinski definition) is 26. The Balaban J connectivity index is 0.00000268. The van der Waals surface area contributed by atoms with Gasteiger partial charge >= 0.3 is 61.6 Å². The van der Waals surface area contributed by atoms with Crippen LogP contribution in [0.5, 0.6) is 0 Å². The summed E-state index contributed by atoms with van der Waals surface area (Å²) >= 11 is 0. The molecule has 0 radical (unpaired) electrons. The molecule has 2 fully saturated rings. The monoisotopic (exact) mass is 855 g/mol. The summed E-state index contributed by atoms with van der Waals surface area (Å²) in [6, 6.07) is -1.16. The summed E-state index contributed by atoms with van der Waals surface area (Å²) < 4.78 is 24.6. The molecule has 1 amide bonds. The summed E-state index contributed by atoms with van der Waals surface area (Å²) in [6.45, 7) is -4.20. The number of amides is 1. The van der Waals surface area contributed by atoms with E-state index in [0.29, 0.717) is 0 Å². The molecule has 2 rings (SSSR count). The van der Waals surface area contributed by atoms with Gasteiger partial charge in [-0.15, -0.1) is 10.1 Å². The Morgan fingerprint density at radius 2 is 1.45 bits per heavy atom. The van der Waals surface area contributed by atoms with Crippen molar-refractivity contribution in [1.82, 2.24) is 0 Å². The van der Waals surface area contributed by atoms with E-state index in [1.165, 1.54) is 0 Å². The van der Waals surface area contributed by atoms with Crippen LogP contribution >= 0.6 is 0 Å². The predicted octanol–water partition coefficient (Wildman–Crippen LogP) is -12.0. The number of aliphatic hydroxyl groups is 12. The third kappa shape index (κ3) is 14.9.